The van der Waals surface area contributed by atoms with Gasteiger partial charge < -0.3 is 14.6 Å². The Kier molecular flexibility index (Phi) is 10.3. The highest BCUT2D eigenvalue weighted by molar-refractivity contribution is 7.12. The smallest absolute Gasteiger partial charge is 0.351 e. The number of hydrogen-bond acceptors (Lipinski definition) is 6. The number of carboxylic acids is 1. The minimum atomic E-state index is -1.02. The molecule has 0 bridgehead atoms. The van der Waals surface area contributed by atoms with Crippen LogP contribution in [0.25, 0.3) is 6.08 Å². The van der Waals surface area contributed by atoms with Crippen LogP contribution < -0.4 is 5.63 Å². The second kappa shape index (κ2) is 12.9. The first-order chi connectivity index (χ1) is 15.7. The summed E-state index contributed by atoms with van der Waals surface area (Å²) >= 11 is 1.62. The summed E-state index contributed by atoms with van der Waals surface area (Å²) in [5.41, 5.74) is -0.906. The molecule has 1 atom stereocenters. The van der Waals surface area contributed by atoms with E-state index >= 15 is 0 Å². The first-order valence-electron chi connectivity index (χ1n) is 11.3. The predicted octanol–water partition coefficient (Wildman–Crippen LogP) is 6.34. The number of carbonyl (C=O) groups is 2. The zero-order chi connectivity index (χ0) is 24.4. The predicted molar refractivity (Wildman–Crippen MR) is 131 cm³/mol. The van der Waals surface area contributed by atoms with Gasteiger partial charge >= 0.3 is 11.6 Å². The van der Waals surface area contributed by atoms with Crippen molar-refractivity contribution in [2.75, 3.05) is 0 Å². The van der Waals surface area contributed by atoms with Crippen LogP contribution in [0.2, 0.25) is 0 Å². The summed E-state index contributed by atoms with van der Waals surface area (Å²) in [7, 11) is 0. The van der Waals surface area contributed by atoms with Crippen molar-refractivity contribution in [3.63, 3.8) is 0 Å². The van der Waals surface area contributed by atoms with Crippen molar-refractivity contribution in [1.82, 2.24) is 0 Å². The molecular formula is C26H32O6S. The molecule has 0 aliphatic heterocycles. The van der Waals surface area contributed by atoms with Crippen LogP contribution in [0.3, 0.4) is 0 Å². The number of aryl methyl sites for hydroxylation is 1. The number of unbranched alkanes of at least 4 members (excludes halogenated alkanes) is 3. The summed E-state index contributed by atoms with van der Waals surface area (Å²) in [6.45, 7) is 5.60. The van der Waals surface area contributed by atoms with Gasteiger partial charge in [-0.15, -0.1) is 11.3 Å². The van der Waals surface area contributed by atoms with Gasteiger partial charge in [-0.1, -0.05) is 39.2 Å². The molecule has 0 amide bonds. The molecule has 2 aromatic heterocycles. The number of allylic oxidation sites excluding steroid dienone is 2. The van der Waals surface area contributed by atoms with Gasteiger partial charge in [0, 0.05) is 27.8 Å². The maximum Gasteiger partial charge on any atom is 0.351 e. The number of carboxylic acid groups (broad SMARTS) is 1. The monoisotopic (exact) mass is 472 g/mol. The van der Waals surface area contributed by atoms with E-state index in [0.29, 0.717) is 18.4 Å². The molecule has 33 heavy (non-hydrogen) atoms. The lowest BCUT2D eigenvalue weighted by atomic mass is 9.99. The second-order valence-electron chi connectivity index (χ2n) is 8.19. The molecule has 0 spiro atoms. The van der Waals surface area contributed by atoms with Gasteiger partial charge in [-0.3, -0.25) is 4.79 Å². The van der Waals surface area contributed by atoms with E-state index in [-0.39, 0.29) is 17.2 Å². The van der Waals surface area contributed by atoms with Crippen LogP contribution in [0.5, 0.6) is 5.75 Å². The van der Waals surface area contributed by atoms with Gasteiger partial charge in [0.25, 0.3) is 0 Å². The van der Waals surface area contributed by atoms with E-state index < -0.39 is 23.1 Å². The highest BCUT2D eigenvalue weighted by atomic mass is 32.1. The van der Waals surface area contributed by atoms with Crippen LogP contribution in [0.15, 0.2) is 45.1 Å². The molecule has 0 saturated heterocycles. The fraction of sp³-hybridized carbons (Fsp3) is 0.423. The number of thiophene rings is 1. The molecule has 0 saturated carbocycles. The van der Waals surface area contributed by atoms with E-state index in [1.54, 1.807) is 31.3 Å². The van der Waals surface area contributed by atoms with Crippen molar-refractivity contribution in [2.24, 2.45) is 0 Å². The standard InChI is InChI=1S/C26H32O6S/c1-4-5-6-7-11-19-13-14-20(33-19)15-18(3)25(30)24-21(27)16-22(32-26(24)31)17(2)10-8-9-12-23(28)29/h9,12-17,27H,4-8,10-11H2,1-3H3,(H,28,29). The number of aliphatic carboxylic acids is 1. The third kappa shape index (κ3) is 8.17. The highest BCUT2D eigenvalue weighted by Crippen LogP contribution is 2.27. The van der Waals surface area contributed by atoms with Gasteiger partial charge in [0.05, 0.1) is 0 Å². The largest absolute Gasteiger partial charge is 0.507 e. The van der Waals surface area contributed by atoms with E-state index in [1.165, 1.54) is 36.3 Å². The average molecular weight is 473 g/mol. The molecule has 0 aliphatic carbocycles. The molecule has 178 valence electrons. The van der Waals surface area contributed by atoms with Crippen LogP contribution in [0, 0.1) is 0 Å². The van der Waals surface area contributed by atoms with Gasteiger partial charge in [0.15, 0.2) is 5.78 Å². The van der Waals surface area contributed by atoms with Crippen molar-refractivity contribution >= 4 is 29.2 Å². The Hall–Kier alpha value is -2.93. The van der Waals surface area contributed by atoms with E-state index in [0.717, 1.165) is 23.8 Å². The molecule has 6 nitrogen and oxygen atoms in total. The Labute approximate surface area is 198 Å². The molecule has 2 heterocycles. The molecule has 0 aliphatic rings. The molecule has 7 heteroatoms. The van der Waals surface area contributed by atoms with Gasteiger partial charge in [0.2, 0.25) is 0 Å². The lowest BCUT2D eigenvalue weighted by Crippen LogP contribution is -2.16. The molecule has 0 aromatic carbocycles. The fourth-order valence-electron chi connectivity index (χ4n) is 3.43. The number of ketones is 1. The summed E-state index contributed by atoms with van der Waals surface area (Å²) in [4.78, 5) is 38.1. The summed E-state index contributed by atoms with van der Waals surface area (Å²) < 4.78 is 5.32. The Balaban J connectivity index is 2.10. The third-order valence-electron chi connectivity index (χ3n) is 5.37. The number of hydrogen-bond donors (Lipinski definition) is 2. The summed E-state index contributed by atoms with van der Waals surface area (Å²) in [6.07, 6.45) is 11.1. The Morgan fingerprint density at radius 2 is 1.97 bits per heavy atom. The van der Waals surface area contributed by atoms with Crippen molar-refractivity contribution in [3.05, 3.63) is 67.4 Å². The molecule has 0 fully saturated rings. The SMILES string of the molecule is CCCCCCc1ccc(C=C(C)C(=O)c2c(O)cc(C(C)CCC=CC(=O)O)oc2=O)s1. The number of Topliss-reactive ketones (excluding diaryl/α,β-unsaturated/α-hetero) is 1. The average Bonchev–Trinajstić information content (AvgIpc) is 3.20. The maximum atomic E-state index is 12.8. The van der Waals surface area contributed by atoms with E-state index in [4.69, 9.17) is 9.52 Å². The first kappa shape index (κ1) is 26.3. The highest BCUT2D eigenvalue weighted by Gasteiger charge is 2.22. The minimum Gasteiger partial charge on any atom is -0.507 e. The van der Waals surface area contributed by atoms with Gasteiger partial charge in [-0.05, 0) is 56.4 Å². The van der Waals surface area contributed by atoms with E-state index in [1.807, 2.05) is 6.07 Å². The van der Waals surface area contributed by atoms with Crippen LogP contribution >= 0.6 is 11.3 Å². The number of rotatable bonds is 13. The van der Waals surface area contributed by atoms with E-state index in [2.05, 4.69) is 13.0 Å². The normalized spacial score (nSPS) is 12.9. The van der Waals surface area contributed by atoms with Crippen LogP contribution in [-0.4, -0.2) is 22.0 Å². The Morgan fingerprint density at radius 3 is 2.64 bits per heavy atom. The molecule has 2 aromatic rings. The quantitative estimate of drug-likeness (QED) is 0.200. The van der Waals surface area contributed by atoms with Crippen LogP contribution in [-0.2, 0) is 11.2 Å². The van der Waals surface area contributed by atoms with Crippen molar-refractivity contribution in [2.45, 2.75) is 71.6 Å². The fourth-order valence-corrected chi connectivity index (χ4v) is 4.49. The zero-order valence-electron chi connectivity index (χ0n) is 19.4. The molecule has 2 N–H and O–H groups in total. The summed E-state index contributed by atoms with van der Waals surface area (Å²) in [6, 6.07) is 5.32. The molecular weight excluding hydrogens is 440 g/mol. The van der Waals surface area contributed by atoms with Crippen LogP contribution in [0.1, 0.15) is 91.1 Å². The van der Waals surface area contributed by atoms with Gasteiger partial charge in [-0.25, -0.2) is 9.59 Å². The maximum absolute atomic E-state index is 12.8. The summed E-state index contributed by atoms with van der Waals surface area (Å²) in [5.74, 6) is -1.98. The van der Waals surface area contributed by atoms with Gasteiger partial charge in [0.1, 0.15) is 17.1 Å². The molecule has 1 unspecified atom stereocenters. The Morgan fingerprint density at radius 1 is 1.21 bits per heavy atom. The van der Waals surface area contributed by atoms with Crippen LogP contribution in [0.4, 0.5) is 0 Å². The lowest BCUT2D eigenvalue weighted by molar-refractivity contribution is -0.131. The molecule has 2 rings (SSSR count). The number of aromatic hydroxyl groups is 1. The van der Waals surface area contributed by atoms with Crippen molar-refractivity contribution < 1.29 is 24.2 Å². The Bertz CT molecular complexity index is 1070. The lowest BCUT2D eigenvalue weighted by Gasteiger charge is -2.11. The zero-order valence-corrected chi connectivity index (χ0v) is 20.2. The summed E-state index contributed by atoms with van der Waals surface area (Å²) in [5, 5.41) is 19.0. The molecule has 0 radical (unpaired) electrons. The number of carbonyl (C=O) groups excluding carboxylic acids is 1. The topological polar surface area (TPSA) is 105 Å². The van der Waals surface area contributed by atoms with Crippen molar-refractivity contribution in [3.8, 4) is 5.75 Å². The second-order valence-corrected chi connectivity index (χ2v) is 9.39. The first-order valence-corrected chi connectivity index (χ1v) is 12.1. The van der Waals surface area contributed by atoms with Crippen molar-refractivity contribution in [1.29, 1.82) is 0 Å². The van der Waals surface area contributed by atoms with Gasteiger partial charge in [-0.2, -0.15) is 0 Å². The van der Waals surface area contributed by atoms with E-state index in [9.17, 15) is 19.5 Å². The minimum absolute atomic E-state index is 0.232. The third-order valence-corrected chi connectivity index (χ3v) is 6.46.